The first-order valence-corrected chi connectivity index (χ1v) is 6.68. The number of piperidine rings is 1. The van der Waals surface area contributed by atoms with Crippen LogP contribution in [0.4, 0.5) is 0 Å². The predicted octanol–water partition coefficient (Wildman–Crippen LogP) is 0.0325. The Morgan fingerprint density at radius 2 is 2.20 bits per heavy atom. The summed E-state index contributed by atoms with van der Waals surface area (Å²) in [6, 6.07) is 6.94. The topological polar surface area (TPSA) is 93.5 Å². The normalized spacial score (nSPS) is 18.3. The second kappa shape index (κ2) is 6.91. The van der Waals surface area contributed by atoms with Crippen molar-refractivity contribution in [2.45, 2.75) is 18.9 Å². The minimum absolute atomic E-state index is 0.125. The zero-order valence-corrected chi connectivity index (χ0v) is 11.2. The van der Waals surface area contributed by atoms with Gasteiger partial charge in [0.05, 0.1) is 5.56 Å². The second-order valence-electron chi connectivity index (χ2n) is 4.77. The molecule has 1 fully saturated rings. The average molecular weight is 277 g/mol. The van der Waals surface area contributed by atoms with Crippen LogP contribution in [0.2, 0.25) is 0 Å². The molecule has 108 valence electrons. The summed E-state index contributed by atoms with van der Waals surface area (Å²) in [5, 5.41) is 6.20. The van der Waals surface area contributed by atoms with Crippen LogP contribution < -0.4 is 21.1 Å². The van der Waals surface area contributed by atoms with E-state index in [9.17, 15) is 9.59 Å². The first kappa shape index (κ1) is 14.3. The van der Waals surface area contributed by atoms with Crippen LogP contribution in [0.15, 0.2) is 24.3 Å². The average Bonchev–Trinajstić information content (AvgIpc) is 2.46. The number of benzene rings is 1. The summed E-state index contributed by atoms with van der Waals surface area (Å²) in [7, 11) is 0. The van der Waals surface area contributed by atoms with Crippen molar-refractivity contribution in [1.29, 1.82) is 0 Å². The van der Waals surface area contributed by atoms with Gasteiger partial charge in [-0.2, -0.15) is 0 Å². The van der Waals surface area contributed by atoms with Crippen LogP contribution in [0.5, 0.6) is 5.75 Å². The van der Waals surface area contributed by atoms with Crippen molar-refractivity contribution in [3.63, 3.8) is 0 Å². The van der Waals surface area contributed by atoms with Gasteiger partial charge in [0.25, 0.3) is 11.8 Å². The number of carbonyl (C=O) groups is 2. The SMILES string of the molecule is NC(=O)COc1ccccc1C(=O)N[C@H]1CCCNC1. The number of hydrogen-bond acceptors (Lipinski definition) is 4. The Morgan fingerprint density at radius 1 is 1.40 bits per heavy atom. The summed E-state index contributed by atoms with van der Waals surface area (Å²) in [4.78, 5) is 23.0. The molecular formula is C14H19N3O3. The fraction of sp³-hybridized carbons (Fsp3) is 0.429. The molecule has 6 nitrogen and oxygen atoms in total. The lowest BCUT2D eigenvalue weighted by molar-refractivity contribution is -0.119. The Balaban J connectivity index is 2.02. The summed E-state index contributed by atoms with van der Waals surface area (Å²) in [5.74, 6) is -0.400. The minimum Gasteiger partial charge on any atom is -0.483 e. The van der Waals surface area contributed by atoms with Crippen molar-refractivity contribution < 1.29 is 14.3 Å². The quantitative estimate of drug-likeness (QED) is 0.708. The summed E-state index contributed by atoms with van der Waals surface area (Å²) >= 11 is 0. The van der Waals surface area contributed by atoms with Crippen molar-refractivity contribution in [3.8, 4) is 5.75 Å². The maximum atomic E-state index is 12.2. The Kier molecular flexibility index (Phi) is 4.95. The summed E-state index contributed by atoms with van der Waals surface area (Å²) in [5.41, 5.74) is 5.46. The molecular weight excluding hydrogens is 258 g/mol. The first-order chi connectivity index (χ1) is 9.66. The van der Waals surface area contributed by atoms with E-state index in [0.29, 0.717) is 11.3 Å². The third-order valence-electron chi connectivity index (χ3n) is 3.13. The molecule has 0 aliphatic carbocycles. The van der Waals surface area contributed by atoms with Gasteiger partial charge >= 0.3 is 0 Å². The lowest BCUT2D eigenvalue weighted by atomic mass is 10.1. The van der Waals surface area contributed by atoms with Crippen LogP contribution in [0.1, 0.15) is 23.2 Å². The lowest BCUT2D eigenvalue weighted by Crippen LogP contribution is -2.45. The van der Waals surface area contributed by atoms with Gasteiger partial charge in [-0.05, 0) is 31.5 Å². The molecule has 1 heterocycles. The Hall–Kier alpha value is -2.08. The standard InChI is InChI=1S/C14H19N3O3/c15-13(18)9-20-12-6-2-1-5-11(12)14(19)17-10-4-3-7-16-8-10/h1-2,5-6,10,16H,3-4,7-9H2,(H2,15,18)(H,17,19)/t10-/m0/s1. The van der Waals surface area contributed by atoms with E-state index in [0.717, 1.165) is 25.9 Å². The lowest BCUT2D eigenvalue weighted by Gasteiger charge is -2.24. The molecule has 0 aromatic heterocycles. The molecule has 1 aromatic carbocycles. The van der Waals surface area contributed by atoms with Crippen molar-refractivity contribution in [1.82, 2.24) is 10.6 Å². The van der Waals surface area contributed by atoms with Gasteiger partial charge in [-0.25, -0.2) is 0 Å². The molecule has 2 amide bonds. The van der Waals surface area contributed by atoms with Crippen molar-refractivity contribution in [2.75, 3.05) is 19.7 Å². The van der Waals surface area contributed by atoms with Crippen LogP contribution in [0.3, 0.4) is 0 Å². The molecule has 6 heteroatoms. The van der Waals surface area contributed by atoms with Crippen molar-refractivity contribution >= 4 is 11.8 Å². The third kappa shape index (κ3) is 3.96. The zero-order valence-electron chi connectivity index (χ0n) is 11.2. The number of nitrogens with one attached hydrogen (secondary N) is 2. The van der Waals surface area contributed by atoms with Gasteiger partial charge in [0.2, 0.25) is 0 Å². The van der Waals surface area contributed by atoms with E-state index in [2.05, 4.69) is 10.6 Å². The molecule has 4 N–H and O–H groups in total. The summed E-state index contributed by atoms with van der Waals surface area (Å²) in [6.07, 6.45) is 2.01. The summed E-state index contributed by atoms with van der Waals surface area (Å²) in [6.45, 7) is 1.52. The zero-order chi connectivity index (χ0) is 14.4. The van der Waals surface area contributed by atoms with Crippen LogP contribution in [-0.4, -0.2) is 37.6 Å². The molecule has 0 radical (unpaired) electrons. The van der Waals surface area contributed by atoms with E-state index in [1.165, 1.54) is 0 Å². The van der Waals surface area contributed by atoms with Crippen LogP contribution >= 0.6 is 0 Å². The number of ether oxygens (including phenoxy) is 1. The molecule has 1 aliphatic rings. The maximum absolute atomic E-state index is 12.2. The van der Waals surface area contributed by atoms with Gasteiger partial charge in [0, 0.05) is 12.6 Å². The fourth-order valence-corrected chi connectivity index (χ4v) is 2.17. The van der Waals surface area contributed by atoms with Crippen molar-refractivity contribution in [3.05, 3.63) is 29.8 Å². The molecule has 1 saturated heterocycles. The molecule has 0 bridgehead atoms. The van der Waals surface area contributed by atoms with E-state index in [1.54, 1.807) is 24.3 Å². The van der Waals surface area contributed by atoms with Gasteiger partial charge in [-0.1, -0.05) is 12.1 Å². The van der Waals surface area contributed by atoms with Gasteiger partial charge in [0.1, 0.15) is 5.75 Å². The number of rotatable bonds is 5. The monoisotopic (exact) mass is 277 g/mol. The highest BCUT2D eigenvalue weighted by atomic mass is 16.5. The van der Waals surface area contributed by atoms with Gasteiger partial charge in [-0.15, -0.1) is 0 Å². The molecule has 0 spiro atoms. The molecule has 0 unspecified atom stereocenters. The molecule has 1 atom stereocenters. The molecule has 1 aromatic rings. The number of carbonyl (C=O) groups excluding carboxylic acids is 2. The Bertz CT molecular complexity index is 484. The highest BCUT2D eigenvalue weighted by molar-refractivity contribution is 5.97. The fourth-order valence-electron chi connectivity index (χ4n) is 2.17. The number of hydrogen-bond donors (Lipinski definition) is 3. The largest absolute Gasteiger partial charge is 0.483 e. The molecule has 20 heavy (non-hydrogen) atoms. The van der Waals surface area contributed by atoms with E-state index in [1.807, 2.05) is 0 Å². The molecule has 2 rings (SSSR count). The predicted molar refractivity (Wildman–Crippen MR) is 74.5 cm³/mol. The highest BCUT2D eigenvalue weighted by Crippen LogP contribution is 2.18. The number of nitrogens with two attached hydrogens (primary N) is 1. The van der Waals surface area contributed by atoms with E-state index in [-0.39, 0.29) is 18.6 Å². The minimum atomic E-state index is -0.573. The van der Waals surface area contributed by atoms with E-state index >= 15 is 0 Å². The molecule has 0 saturated carbocycles. The van der Waals surface area contributed by atoms with Crippen LogP contribution in [-0.2, 0) is 4.79 Å². The number of primary amides is 1. The van der Waals surface area contributed by atoms with E-state index in [4.69, 9.17) is 10.5 Å². The van der Waals surface area contributed by atoms with E-state index < -0.39 is 5.91 Å². The van der Waals surface area contributed by atoms with Gasteiger partial charge < -0.3 is 21.1 Å². The Labute approximate surface area is 117 Å². The van der Waals surface area contributed by atoms with Gasteiger partial charge in [-0.3, -0.25) is 9.59 Å². The van der Waals surface area contributed by atoms with Crippen molar-refractivity contribution in [2.24, 2.45) is 5.73 Å². The second-order valence-corrected chi connectivity index (χ2v) is 4.77. The summed E-state index contributed by atoms with van der Waals surface area (Å²) < 4.78 is 5.26. The van der Waals surface area contributed by atoms with Crippen LogP contribution in [0.25, 0.3) is 0 Å². The first-order valence-electron chi connectivity index (χ1n) is 6.68. The van der Waals surface area contributed by atoms with Crippen LogP contribution in [0, 0.1) is 0 Å². The number of amides is 2. The molecule has 1 aliphatic heterocycles. The smallest absolute Gasteiger partial charge is 0.255 e. The third-order valence-corrected chi connectivity index (χ3v) is 3.13. The maximum Gasteiger partial charge on any atom is 0.255 e. The number of para-hydroxylation sites is 1. The highest BCUT2D eigenvalue weighted by Gasteiger charge is 2.18. The Morgan fingerprint density at radius 3 is 2.90 bits per heavy atom. The van der Waals surface area contributed by atoms with Gasteiger partial charge in [0.15, 0.2) is 6.61 Å².